The molecule has 94 valence electrons. The van der Waals surface area contributed by atoms with Crippen LogP contribution in [0.25, 0.3) is 0 Å². The van der Waals surface area contributed by atoms with Crippen molar-refractivity contribution < 1.29 is 4.79 Å². The van der Waals surface area contributed by atoms with E-state index in [1.54, 1.807) is 12.1 Å². The lowest BCUT2D eigenvalue weighted by Crippen LogP contribution is -2.11. The minimum Gasteiger partial charge on any atom is -0.397 e. The van der Waals surface area contributed by atoms with E-state index in [9.17, 15) is 4.79 Å². The lowest BCUT2D eigenvalue weighted by molar-refractivity contribution is -0.111. The molecule has 0 saturated heterocycles. The molecule has 3 N–H and O–H groups in total. The molecule has 0 saturated carbocycles. The van der Waals surface area contributed by atoms with Gasteiger partial charge in [0, 0.05) is 0 Å². The molecule has 0 aliphatic heterocycles. The first-order chi connectivity index (χ1) is 7.38. The zero-order valence-electron chi connectivity index (χ0n) is 9.95. The third-order valence-corrected chi connectivity index (χ3v) is 1.95. The number of para-hydroxylation sites is 2. The monoisotopic (exact) mass is 234 g/mol. The summed E-state index contributed by atoms with van der Waals surface area (Å²) < 4.78 is 0. The summed E-state index contributed by atoms with van der Waals surface area (Å²) in [5, 5.41) is 2.73. The van der Waals surface area contributed by atoms with Crippen LogP contribution in [0.2, 0.25) is 0 Å². The lowest BCUT2D eigenvalue weighted by Gasteiger charge is -2.11. The van der Waals surface area contributed by atoms with Gasteiger partial charge in [0.05, 0.1) is 11.4 Å². The number of hydrogen-bond donors (Lipinski definition) is 2. The van der Waals surface area contributed by atoms with Gasteiger partial charge in [-0.1, -0.05) is 46.4 Å². The highest BCUT2D eigenvalue weighted by atomic mass is 16.1. The average Bonchev–Trinajstić information content (AvgIpc) is 2.18. The summed E-state index contributed by atoms with van der Waals surface area (Å²) in [6.07, 6.45) is 3.40. The third kappa shape index (κ3) is 5.76. The maximum atomic E-state index is 11.6. The Morgan fingerprint density at radius 3 is 2.41 bits per heavy atom. The number of benzene rings is 1. The van der Waals surface area contributed by atoms with Crippen molar-refractivity contribution in [1.82, 2.24) is 0 Å². The highest BCUT2D eigenvalue weighted by Crippen LogP contribution is 2.17. The number of nitrogen functional groups attached to an aromatic ring is 1. The maximum Gasteiger partial charge on any atom is 0.248 e. The lowest BCUT2D eigenvalue weighted by atomic mass is 9.96. The Morgan fingerprint density at radius 1 is 1.29 bits per heavy atom. The van der Waals surface area contributed by atoms with Crippen LogP contribution in [-0.2, 0) is 4.79 Å². The van der Waals surface area contributed by atoms with E-state index in [0.29, 0.717) is 11.4 Å². The van der Waals surface area contributed by atoms with Crippen LogP contribution >= 0.6 is 0 Å². The van der Waals surface area contributed by atoms with E-state index >= 15 is 0 Å². The first-order valence-electron chi connectivity index (χ1n) is 5.23. The van der Waals surface area contributed by atoms with Crippen molar-refractivity contribution in [3.63, 3.8) is 0 Å². The second-order valence-electron chi connectivity index (χ2n) is 4.78. The number of nitrogens with two attached hydrogens (primary N) is 1. The average molecular weight is 234 g/mol. The topological polar surface area (TPSA) is 55.1 Å². The van der Waals surface area contributed by atoms with Crippen molar-refractivity contribution in [3.8, 4) is 0 Å². The molecular formula is C14H22N2O. The van der Waals surface area contributed by atoms with Gasteiger partial charge in [0.1, 0.15) is 0 Å². The zero-order chi connectivity index (χ0) is 12.2. The Bertz CT molecular complexity index is 403. The SMILES string of the molecule is C.CC(C)(C)/C=C/C(=O)Nc1ccccc1N. The first kappa shape index (κ1) is 15.2. The number of nitrogens with one attached hydrogen (secondary N) is 1. The number of anilines is 2. The molecule has 0 spiro atoms. The molecule has 3 nitrogen and oxygen atoms in total. The molecule has 0 atom stereocenters. The fourth-order valence-electron chi connectivity index (χ4n) is 1.11. The minimum atomic E-state index is -0.159. The fourth-order valence-corrected chi connectivity index (χ4v) is 1.11. The fraction of sp³-hybridized carbons (Fsp3) is 0.357. The number of rotatable bonds is 2. The van der Waals surface area contributed by atoms with Crippen LogP contribution < -0.4 is 11.1 Å². The van der Waals surface area contributed by atoms with Crippen molar-refractivity contribution in [3.05, 3.63) is 36.4 Å². The molecule has 0 aliphatic rings. The summed E-state index contributed by atoms with van der Waals surface area (Å²) >= 11 is 0. The van der Waals surface area contributed by atoms with Gasteiger partial charge in [-0.2, -0.15) is 0 Å². The molecule has 0 fully saturated rings. The van der Waals surface area contributed by atoms with E-state index in [2.05, 4.69) is 5.32 Å². The standard InChI is InChI=1S/C13H18N2O.CH4/c1-13(2,3)9-8-12(16)15-11-7-5-4-6-10(11)14;/h4-9H,14H2,1-3H3,(H,15,16);1H4/b9-8+;. The predicted molar refractivity (Wildman–Crippen MR) is 74.8 cm³/mol. The van der Waals surface area contributed by atoms with Gasteiger partial charge in [0.2, 0.25) is 5.91 Å². The van der Waals surface area contributed by atoms with Gasteiger partial charge in [-0.15, -0.1) is 0 Å². The van der Waals surface area contributed by atoms with Crippen molar-refractivity contribution in [2.45, 2.75) is 28.2 Å². The number of allylic oxidation sites excluding steroid dienone is 1. The van der Waals surface area contributed by atoms with Gasteiger partial charge in [-0.3, -0.25) is 4.79 Å². The van der Waals surface area contributed by atoms with Gasteiger partial charge in [-0.25, -0.2) is 0 Å². The summed E-state index contributed by atoms with van der Waals surface area (Å²) in [5.74, 6) is -0.159. The molecule has 1 aromatic carbocycles. The Morgan fingerprint density at radius 2 is 1.88 bits per heavy atom. The quantitative estimate of drug-likeness (QED) is 0.608. The Balaban J connectivity index is 0.00000256. The van der Waals surface area contributed by atoms with E-state index in [1.165, 1.54) is 6.08 Å². The summed E-state index contributed by atoms with van der Waals surface area (Å²) in [5.41, 5.74) is 6.93. The van der Waals surface area contributed by atoms with Gasteiger partial charge in [0.15, 0.2) is 0 Å². The number of hydrogen-bond acceptors (Lipinski definition) is 2. The van der Waals surface area contributed by atoms with E-state index in [4.69, 9.17) is 5.73 Å². The van der Waals surface area contributed by atoms with E-state index in [-0.39, 0.29) is 18.7 Å². The van der Waals surface area contributed by atoms with Crippen LogP contribution in [0.3, 0.4) is 0 Å². The molecule has 1 rings (SSSR count). The Kier molecular flexibility index (Phi) is 5.45. The van der Waals surface area contributed by atoms with Crippen LogP contribution in [0.4, 0.5) is 11.4 Å². The van der Waals surface area contributed by atoms with Crippen LogP contribution in [0.1, 0.15) is 28.2 Å². The van der Waals surface area contributed by atoms with Crippen molar-refractivity contribution in [1.29, 1.82) is 0 Å². The molecule has 0 heterocycles. The Labute approximate surface area is 104 Å². The molecule has 3 heteroatoms. The molecular weight excluding hydrogens is 212 g/mol. The number of amides is 1. The molecule has 0 unspecified atom stereocenters. The van der Waals surface area contributed by atoms with Crippen LogP contribution in [0, 0.1) is 5.41 Å². The Hall–Kier alpha value is -1.77. The van der Waals surface area contributed by atoms with E-state index in [1.807, 2.05) is 39.0 Å². The second kappa shape index (κ2) is 6.09. The number of carbonyl (C=O) groups is 1. The van der Waals surface area contributed by atoms with E-state index in [0.717, 1.165) is 0 Å². The molecule has 17 heavy (non-hydrogen) atoms. The molecule has 0 radical (unpaired) electrons. The summed E-state index contributed by atoms with van der Waals surface area (Å²) in [4.78, 5) is 11.6. The smallest absolute Gasteiger partial charge is 0.248 e. The second-order valence-corrected chi connectivity index (χ2v) is 4.78. The summed E-state index contributed by atoms with van der Waals surface area (Å²) in [6.45, 7) is 6.11. The molecule has 1 aromatic rings. The van der Waals surface area contributed by atoms with E-state index < -0.39 is 0 Å². The highest BCUT2D eigenvalue weighted by molar-refractivity contribution is 6.01. The zero-order valence-corrected chi connectivity index (χ0v) is 9.95. The first-order valence-corrected chi connectivity index (χ1v) is 5.23. The van der Waals surface area contributed by atoms with Crippen molar-refractivity contribution in [2.24, 2.45) is 5.41 Å². The molecule has 0 aromatic heterocycles. The summed E-state index contributed by atoms with van der Waals surface area (Å²) in [6, 6.07) is 7.19. The largest absolute Gasteiger partial charge is 0.397 e. The summed E-state index contributed by atoms with van der Waals surface area (Å²) in [7, 11) is 0. The maximum absolute atomic E-state index is 11.6. The van der Waals surface area contributed by atoms with Gasteiger partial charge < -0.3 is 11.1 Å². The highest BCUT2D eigenvalue weighted by Gasteiger charge is 2.06. The molecule has 0 bridgehead atoms. The van der Waals surface area contributed by atoms with Gasteiger partial charge >= 0.3 is 0 Å². The number of carbonyl (C=O) groups excluding carboxylic acids is 1. The van der Waals surface area contributed by atoms with Crippen LogP contribution in [0.5, 0.6) is 0 Å². The van der Waals surface area contributed by atoms with Crippen LogP contribution in [0.15, 0.2) is 36.4 Å². The van der Waals surface area contributed by atoms with Gasteiger partial charge in [0.25, 0.3) is 0 Å². The van der Waals surface area contributed by atoms with Crippen molar-refractivity contribution in [2.75, 3.05) is 11.1 Å². The van der Waals surface area contributed by atoms with Gasteiger partial charge in [-0.05, 0) is 23.6 Å². The molecule has 0 aliphatic carbocycles. The minimum absolute atomic E-state index is 0. The molecule has 1 amide bonds. The van der Waals surface area contributed by atoms with Crippen LogP contribution in [-0.4, -0.2) is 5.91 Å². The predicted octanol–water partition coefficient (Wildman–Crippen LogP) is 3.45. The normalized spacial score (nSPS) is 11.0. The van der Waals surface area contributed by atoms with Crippen molar-refractivity contribution >= 4 is 17.3 Å². The third-order valence-electron chi connectivity index (χ3n) is 1.95.